The molecule has 0 N–H and O–H groups in total. The van der Waals surface area contributed by atoms with Crippen molar-refractivity contribution in [2.75, 3.05) is 40.1 Å². The molecule has 0 saturated carbocycles. The van der Waals surface area contributed by atoms with Crippen LogP contribution in [0.4, 0.5) is 14.4 Å². The van der Waals surface area contributed by atoms with Crippen LogP contribution in [0.25, 0.3) is 38.9 Å². The Labute approximate surface area is 454 Å². The fourth-order valence-corrected chi connectivity index (χ4v) is 11.6. The molecule has 4 atom stereocenters. The fraction of sp³-hybridized carbons (Fsp3) is 0.483. The number of benzene rings is 3. The van der Waals surface area contributed by atoms with E-state index in [0.717, 1.165) is 70.2 Å². The molecular formula is C60H72BrN5O10. The van der Waals surface area contributed by atoms with Gasteiger partial charge in [-0.1, -0.05) is 84.4 Å². The highest BCUT2D eigenvalue weighted by molar-refractivity contribution is 9.10. The quantitative estimate of drug-likeness (QED) is 0.0867. The van der Waals surface area contributed by atoms with Gasteiger partial charge in [0.15, 0.2) is 6.04 Å². The van der Waals surface area contributed by atoms with Gasteiger partial charge in [-0.2, -0.15) is 5.01 Å². The summed E-state index contributed by atoms with van der Waals surface area (Å²) in [5.41, 5.74) is 9.00. The minimum Gasteiger partial charge on any atom is -0.464 e. The molecule has 2 aromatic heterocycles. The molecule has 15 nitrogen and oxygen atoms in total. The molecule has 3 aliphatic heterocycles. The molecule has 3 amide bonds. The lowest BCUT2D eigenvalue weighted by molar-refractivity contribution is -0.164. The van der Waals surface area contributed by atoms with Crippen LogP contribution in [0.3, 0.4) is 0 Å². The van der Waals surface area contributed by atoms with Crippen LogP contribution in [0.2, 0.25) is 0 Å². The smallest absolute Gasteiger partial charge is 0.430 e. The van der Waals surface area contributed by atoms with Gasteiger partial charge in [-0.15, -0.1) is 0 Å². The van der Waals surface area contributed by atoms with E-state index in [1.165, 1.54) is 11.1 Å². The highest BCUT2D eigenvalue weighted by Crippen LogP contribution is 2.46. The Hall–Kier alpha value is -6.23. The lowest BCUT2D eigenvalue weighted by Gasteiger charge is -2.44. The fourth-order valence-electron chi connectivity index (χ4n) is 11.2. The number of morpholine rings is 1. The van der Waals surface area contributed by atoms with Gasteiger partial charge in [0.1, 0.15) is 17.8 Å². The van der Waals surface area contributed by atoms with Crippen LogP contribution in [0.15, 0.2) is 89.5 Å². The van der Waals surface area contributed by atoms with Gasteiger partial charge in [-0.3, -0.25) is 9.88 Å². The maximum absolute atomic E-state index is 14.3. The molecule has 2 bridgehead atoms. The molecule has 16 heteroatoms. The molecule has 404 valence electrons. The van der Waals surface area contributed by atoms with E-state index in [1.54, 1.807) is 48.7 Å². The minimum atomic E-state index is -1.13. The zero-order chi connectivity index (χ0) is 54.4. The molecule has 1 aliphatic carbocycles. The van der Waals surface area contributed by atoms with Crippen molar-refractivity contribution in [1.29, 1.82) is 0 Å². The van der Waals surface area contributed by atoms with Gasteiger partial charge in [0.25, 0.3) is 0 Å². The Morgan fingerprint density at radius 2 is 1.50 bits per heavy atom. The molecule has 2 fully saturated rings. The molecular weight excluding hydrogens is 1030 g/mol. The highest BCUT2D eigenvalue weighted by Gasteiger charge is 2.45. The number of fused-ring (bicyclic) bond motifs is 6. The molecule has 3 aromatic carbocycles. The number of hydrogen-bond acceptors (Lipinski definition) is 11. The lowest BCUT2D eigenvalue weighted by atomic mass is 9.83. The number of hydrazine groups is 1. The molecule has 5 aromatic rings. The van der Waals surface area contributed by atoms with Crippen molar-refractivity contribution in [3.63, 3.8) is 0 Å². The van der Waals surface area contributed by atoms with Crippen molar-refractivity contribution in [1.82, 2.24) is 24.5 Å². The van der Waals surface area contributed by atoms with Crippen LogP contribution in [0.1, 0.15) is 128 Å². The van der Waals surface area contributed by atoms with Crippen LogP contribution in [-0.4, -0.2) is 118 Å². The van der Waals surface area contributed by atoms with Crippen LogP contribution in [0.5, 0.6) is 0 Å². The zero-order valence-corrected chi connectivity index (χ0v) is 47.3. The second kappa shape index (κ2) is 21.7. The van der Waals surface area contributed by atoms with Gasteiger partial charge in [0.2, 0.25) is 0 Å². The topological polar surface area (TPSA) is 151 Å². The predicted molar refractivity (Wildman–Crippen MR) is 294 cm³/mol. The van der Waals surface area contributed by atoms with Crippen molar-refractivity contribution in [2.24, 2.45) is 5.41 Å². The minimum absolute atomic E-state index is 0.000695. The number of rotatable bonds is 12. The molecule has 2 saturated heterocycles. The summed E-state index contributed by atoms with van der Waals surface area (Å²) in [4.78, 5) is 63.0. The Kier molecular flexibility index (Phi) is 15.5. The summed E-state index contributed by atoms with van der Waals surface area (Å²) in [5, 5.41) is 3.27. The van der Waals surface area contributed by atoms with Crippen LogP contribution < -0.4 is 0 Å². The first kappa shape index (κ1) is 54.6. The SMILES string of the molecule is CCn1c(-c2cc(C3=CC4COCC(C3)N4C(=O)OCC3c4ccccc4-c4ccccc43)cnc2[C@H](C)OC)c(CC(C)(C)COC(=O)[C@@H]2CCCN(C(=O)OC(C)(C)C)N2C(=O)OC(C)(C)C)c2cc(Br)ccc21. The summed E-state index contributed by atoms with van der Waals surface area (Å²) in [5.74, 6) is -0.699. The van der Waals surface area contributed by atoms with E-state index < -0.39 is 40.8 Å². The first-order chi connectivity index (χ1) is 36.1. The number of aromatic nitrogens is 2. The van der Waals surface area contributed by atoms with Gasteiger partial charge in [0, 0.05) is 58.7 Å². The number of esters is 1. The van der Waals surface area contributed by atoms with E-state index >= 15 is 0 Å². The van der Waals surface area contributed by atoms with Crippen molar-refractivity contribution >= 4 is 56.7 Å². The summed E-state index contributed by atoms with van der Waals surface area (Å²) in [6.07, 6.45) is 3.44. The van der Waals surface area contributed by atoms with Crippen LogP contribution in [0, 0.1) is 5.41 Å². The van der Waals surface area contributed by atoms with E-state index in [-0.39, 0.29) is 56.4 Å². The number of carbonyl (C=O) groups excluding carboxylic acids is 4. The van der Waals surface area contributed by atoms with Crippen molar-refractivity contribution in [3.8, 4) is 22.4 Å². The molecule has 2 unspecified atom stereocenters. The van der Waals surface area contributed by atoms with Gasteiger partial charge in [-0.05, 0) is 144 Å². The molecule has 9 rings (SSSR count). The van der Waals surface area contributed by atoms with Gasteiger partial charge in [0.05, 0.1) is 49.4 Å². The lowest BCUT2D eigenvalue weighted by Crippen LogP contribution is -2.61. The number of methoxy groups -OCH3 is 1. The second-order valence-electron chi connectivity index (χ2n) is 23.2. The Bertz CT molecular complexity index is 3020. The molecule has 0 radical (unpaired) electrons. The molecule has 5 heterocycles. The summed E-state index contributed by atoms with van der Waals surface area (Å²) in [6.45, 7) is 20.4. The zero-order valence-electron chi connectivity index (χ0n) is 45.7. The Morgan fingerprint density at radius 3 is 2.14 bits per heavy atom. The average molecular weight is 1100 g/mol. The van der Waals surface area contributed by atoms with Gasteiger partial charge < -0.3 is 33.0 Å². The summed E-state index contributed by atoms with van der Waals surface area (Å²) < 4.78 is 39.2. The maximum Gasteiger partial charge on any atom is 0.430 e. The van der Waals surface area contributed by atoms with Gasteiger partial charge in [-0.25, -0.2) is 24.2 Å². The first-order valence-corrected chi connectivity index (χ1v) is 27.3. The maximum atomic E-state index is 14.3. The van der Waals surface area contributed by atoms with Crippen molar-refractivity contribution < 1.29 is 47.6 Å². The second-order valence-corrected chi connectivity index (χ2v) is 24.1. The molecule has 0 spiro atoms. The van der Waals surface area contributed by atoms with E-state index in [0.29, 0.717) is 39.0 Å². The first-order valence-electron chi connectivity index (χ1n) is 26.5. The normalized spacial score (nSPS) is 19.2. The number of aryl methyl sites for hydroxylation is 1. The number of hydrogen-bond donors (Lipinski definition) is 0. The standard InChI is InChI=1S/C60H72BrN5O10/c1-12-63-50-24-23-39(61)29-46(50)48(30-60(9,10)35-74-54(67)51-22-17-25-64(55(68)75-58(3,4)5)66(51)57(70)76-59(6,7)8)53(63)47-28-38(31-62-52(47)36(2)71-11)37-26-40-32-72-33-41(27-37)65(40)56(69)73-34-49-44-20-15-13-18-42(44)43-19-14-16-21-45(43)49/h13-16,18-21,23-24,26,28-29,31,36,40-41,49,51H,12,17,22,25,27,30,32-35H2,1-11H3/t36-,40?,41?,51-/m0/s1. The number of amides is 3. The third-order valence-electron chi connectivity index (χ3n) is 14.6. The number of halogens is 1. The average Bonchev–Trinajstić information content (AvgIpc) is 3.86. The Morgan fingerprint density at radius 1 is 0.829 bits per heavy atom. The Balaban J connectivity index is 1.01. The van der Waals surface area contributed by atoms with Crippen molar-refractivity contribution in [2.45, 2.75) is 143 Å². The largest absolute Gasteiger partial charge is 0.464 e. The number of nitrogens with zero attached hydrogens (tertiary/aromatic N) is 5. The number of carbonyl (C=O) groups is 4. The third kappa shape index (κ3) is 11.3. The van der Waals surface area contributed by atoms with Gasteiger partial charge >= 0.3 is 24.2 Å². The summed E-state index contributed by atoms with van der Waals surface area (Å²) in [6, 6.07) is 23.5. The number of ether oxygens (including phenoxy) is 6. The van der Waals surface area contributed by atoms with Crippen molar-refractivity contribution in [3.05, 3.63) is 117 Å². The summed E-state index contributed by atoms with van der Waals surface area (Å²) >= 11 is 3.76. The number of pyridine rings is 1. The van der Waals surface area contributed by atoms with E-state index in [1.807, 2.05) is 48.4 Å². The predicted octanol–water partition coefficient (Wildman–Crippen LogP) is 12.7. The summed E-state index contributed by atoms with van der Waals surface area (Å²) in [7, 11) is 1.68. The highest BCUT2D eigenvalue weighted by atomic mass is 79.9. The van der Waals surface area contributed by atoms with E-state index in [4.69, 9.17) is 33.4 Å². The van der Waals surface area contributed by atoms with E-state index in [2.05, 4.69) is 89.8 Å². The third-order valence-corrected chi connectivity index (χ3v) is 15.1. The molecule has 4 aliphatic rings. The van der Waals surface area contributed by atoms with Crippen LogP contribution in [-0.2, 0) is 46.2 Å². The van der Waals surface area contributed by atoms with E-state index in [9.17, 15) is 19.2 Å². The van der Waals surface area contributed by atoms with Crippen LogP contribution >= 0.6 is 15.9 Å². The monoisotopic (exact) mass is 1100 g/mol. The molecule has 76 heavy (non-hydrogen) atoms.